The van der Waals surface area contributed by atoms with Crippen molar-refractivity contribution in [2.45, 2.75) is 32.7 Å². The summed E-state index contributed by atoms with van der Waals surface area (Å²) in [5, 5.41) is 3.38. The van der Waals surface area contributed by atoms with Crippen LogP contribution in [0.4, 0.5) is 0 Å². The Morgan fingerprint density at radius 2 is 2.17 bits per heavy atom. The third-order valence-corrected chi connectivity index (χ3v) is 2.68. The fourth-order valence-corrected chi connectivity index (χ4v) is 2.17. The largest absolute Gasteiger partial charge is 0.316 e. The lowest BCUT2D eigenvalue weighted by Gasteiger charge is -2.36. The Hall–Kier alpha value is -0.0800. The third kappa shape index (κ3) is 2.76. The molecule has 0 saturated carbocycles. The van der Waals surface area contributed by atoms with E-state index >= 15 is 0 Å². The summed E-state index contributed by atoms with van der Waals surface area (Å²) >= 11 is 0. The lowest BCUT2D eigenvalue weighted by Crippen LogP contribution is -2.47. The Morgan fingerprint density at radius 1 is 1.42 bits per heavy atom. The first kappa shape index (κ1) is 10.0. The number of nitrogens with zero attached hydrogens (tertiary/aromatic N) is 1. The first-order valence-corrected chi connectivity index (χ1v) is 5.15. The fourth-order valence-electron chi connectivity index (χ4n) is 2.17. The minimum absolute atomic E-state index is 0.722. The molecule has 0 aliphatic carbocycles. The molecule has 0 aromatic heterocycles. The molecule has 1 N–H and O–H groups in total. The Bertz CT molecular complexity index is 125. The average molecular weight is 170 g/mol. The molecule has 2 atom stereocenters. The van der Waals surface area contributed by atoms with Crippen molar-refractivity contribution in [2.24, 2.45) is 5.92 Å². The Kier molecular flexibility index (Phi) is 4.02. The molecule has 2 heteroatoms. The molecule has 0 aromatic carbocycles. The Balaban J connectivity index is 2.34. The van der Waals surface area contributed by atoms with Crippen molar-refractivity contribution in [3.05, 3.63) is 0 Å². The van der Waals surface area contributed by atoms with Crippen molar-refractivity contribution in [1.29, 1.82) is 0 Å². The van der Waals surface area contributed by atoms with Crippen LogP contribution < -0.4 is 5.32 Å². The maximum atomic E-state index is 3.38. The third-order valence-electron chi connectivity index (χ3n) is 2.68. The molecule has 72 valence electrons. The molecule has 1 aliphatic rings. The quantitative estimate of drug-likeness (QED) is 0.687. The summed E-state index contributed by atoms with van der Waals surface area (Å²) < 4.78 is 0. The van der Waals surface area contributed by atoms with Crippen molar-refractivity contribution in [2.75, 3.05) is 26.7 Å². The van der Waals surface area contributed by atoms with Crippen molar-refractivity contribution < 1.29 is 0 Å². The van der Waals surface area contributed by atoms with Crippen LogP contribution in [0.5, 0.6) is 0 Å². The van der Waals surface area contributed by atoms with Crippen LogP contribution in [0.2, 0.25) is 0 Å². The second kappa shape index (κ2) is 4.83. The summed E-state index contributed by atoms with van der Waals surface area (Å²) in [6.45, 7) is 8.42. The van der Waals surface area contributed by atoms with E-state index in [1.165, 1.54) is 32.5 Å². The predicted octanol–water partition coefficient (Wildman–Crippen LogP) is 1.33. The molecule has 0 amide bonds. The summed E-state index contributed by atoms with van der Waals surface area (Å²) in [5.74, 6) is 0.864. The number of hydrogen-bond acceptors (Lipinski definition) is 2. The average Bonchev–Trinajstić information content (AvgIpc) is 2.04. The standard InChI is InChI=1S/C10H22N2/c1-4-5-12-7-9(2)6-10(8-12)11-3/h9-11H,4-8H2,1-3H3. The first-order valence-electron chi connectivity index (χ1n) is 5.15. The molecule has 1 fully saturated rings. The van der Waals surface area contributed by atoms with Crippen LogP contribution in [0.1, 0.15) is 26.7 Å². The van der Waals surface area contributed by atoms with Gasteiger partial charge in [-0.1, -0.05) is 13.8 Å². The van der Waals surface area contributed by atoms with E-state index in [4.69, 9.17) is 0 Å². The number of piperidine rings is 1. The molecular formula is C10H22N2. The monoisotopic (exact) mass is 170 g/mol. The van der Waals surface area contributed by atoms with Gasteiger partial charge in [0.1, 0.15) is 0 Å². The summed E-state index contributed by atoms with van der Waals surface area (Å²) in [5.41, 5.74) is 0. The van der Waals surface area contributed by atoms with E-state index in [9.17, 15) is 0 Å². The van der Waals surface area contributed by atoms with Crippen LogP contribution in [-0.2, 0) is 0 Å². The number of rotatable bonds is 3. The molecule has 0 radical (unpaired) electrons. The zero-order valence-corrected chi connectivity index (χ0v) is 8.64. The summed E-state index contributed by atoms with van der Waals surface area (Å²) in [6.07, 6.45) is 2.62. The van der Waals surface area contributed by atoms with Crippen LogP contribution in [0.3, 0.4) is 0 Å². The van der Waals surface area contributed by atoms with Gasteiger partial charge in [-0.15, -0.1) is 0 Å². The first-order chi connectivity index (χ1) is 5.76. The van der Waals surface area contributed by atoms with Crippen molar-refractivity contribution in [3.8, 4) is 0 Å². The van der Waals surface area contributed by atoms with Crippen molar-refractivity contribution in [3.63, 3.8) is 0 Å². The van der Waals surface area contributed by atoms with Gasteiger partial charge in [-0.05, 0) is 32.4 Å². The van der Waals surface area contributed by atoms with Gasteiger partial charge < -0.3 is 10.2 Å². The maximum absolute atomic E-state index is 3.38. The van der Waals surface area contributed by atoms with E-state index in [0.717, 1.165) is 12.0 Å². The molecule has 2 unspecified atom stereocenters. The fraction of sp³-hybridized carbons (Fsp3) is 1.00. The maximum Gasteiger partial charge on any atom is 0.0195 e. The number of hydrogen-bond donors (Lipinski definition) is 1. The highest BCUT2D eigenvalue weighted by molar-refractivity contribution is 4.80. The summed E-state index contributed by atoms with van der Waals surface area (Å²) in [6, 6.07) is 0.722. The lowest BCUT2D eigenvalue weighted by molar-refractivity contribution is 0.153. The minimum Gasteiger partial charge on any atom is -0.316 e. The predicted molar refractivity (Wildman–Crippen MR) is 53.4 cm³/mol. The zero-order chi connectivity index (χ0) is 8.97. The molecule has 0 bridgehead atoms. The van der Waals surface area contributed by atoms with Gasteiger partial charge in [-0.25, -0.2) is 0 Å². The van der Waals surface area contributed by atoms with E-state index in [0.29, 0.717) is 0 Å². The van der Waals surface area contributed by atoms with Crippen molar-refractivity contribution in [1.82, 2.24) is 10.2 Å². The SMILES string of the molecule is CCCN1CC(C)CC(NC)C1. The van der Waals surface area contributed by atoms with E-state index < -0.39 is 0 Å². The molecule has 1 aliphatic heterocycles. The van der Waals surface area contributed by atoms with Crippen LogP contribution in [0.25, 0.3) is 0 Å². The van der Waals surface area contributed by atoms with Gasteiger partial charge in [0, 0.05) is 19.1 Å². The highest BCUT2D eigenvalue weighted by atomic mass is 15.2. The Labute approximate surface area is 76.3 Å². The molecule has 1 saturated heterocycles. The topological polar surface area (TPSA) is 15.3 Å². The highest BCUT2D eigenvalue weighted by Gasteiger charge is 2.22. The second-order valence-corrected chi connectivity index (χ2v) is 4.09. The van der Waals surface area contributed by atoms with Crippen LogP contribution in [-0.4, -0.2) is 37.6 Å². The summed E-state index contributed by atoms with van der Waals surface area (Å²) in [7, 11) is 2.08. The normalized spacial score (nSPS) is 32.2. The Morgan fingerprint density at radius 3 is 2.75 bits per heavy atom. The number of likely N-dealkylation sites (N-methyl/N-ethyl adjacent to an activating group) is 1. The second-order valence-electron chi connectivity index (χ2n) is 4.09. The van der Waals surface area contributed by atoms with Gasteiger partial charge >= 0.3 is 0 Å². The summed E-state index contributed by atoms with van der Waals surface area (Å²) in [4.78, 5) is 2.58. The molecular weight excluding hydrogens is 148 g/mol. The minimum atomic E-state index is 0.722. The van der Waals surface area contributed by atoms with Gasteiger partial charge in [0.2, 0.25) is 0 Å². The zero-order valence-electron chi connectivity index (χ0n) is 8.64. The van der Waals surface area contributed by atoms with Crippen molar-refractivity contribution >= 4 is 0 Å². The van der Waals surface area contributed by atoms with Gasteiger partial charge in [-0.3, -0.25) is 0 Å². The van der Waals surface area contributed by atoms with E-state index in [2.05, 4.69) is 31.1 Å². The van der Waals surface area contributed by atoms with Crippen LogP contribution >= 0.6 is 0 Å². The van der Waals surface area contributed by atoms with E-state index in [1.807, 2.05) is 0 Å². The molecule has 1 rings (SSSR count). The van der Waals surface area contributed by atoms with Crippen LogP contribution in [0, 0.1) is 5.92 Å². The molecule has 0 aromatic rings. The lowest BCUT2D eigenvalue weighted by atomic mass is 9.96. The van der Waals surface area contributed by atoms with Gasteiger partial charge in [0.25, 0.3) is 0 Å². The van der Waals surface area contributed by atoms with Crippen LogP contribution in [0.15, 0.2) is 0 Å². The molecule has 2 nitrogen and oxygen atoms in total. The molecule has 1 heterocycles. The number of nitrogens with one attached hydrogen (secondary N) is 1. The smallest absolute Gasteiger partial charge is 0.0195 e. The molecule has 12 heavy (non-hydrogen) atoms. The van der Waals surface area contributed by atoms with Gasteiger partial charge in [-0.2, -0.15) is 0 Å². The van der Waals surface area contributed by atoms with E-state index in [1.54, 1.807) is 0 Å². The van der Waals surface area contributed by atoms with E-state index in [-0.39, 0.29) is 0 Å². The van der Waals surface area contributed by atoms with Gasteiger partial charge in [0.15, 0.2) is 0 Å². The highest BCUT2D eigenvalue weighted by Crippen LogP contribution is 2.15. The number of likely N-dealkylation sites (tertiary alicyclic amines) is 1. The molecule has 0 spiro atoms. The van der Waals surface area contributed by atoms with Gasteiger partial charge in [0.05, 0.1) is 0 Å².